The topological polar surface area (TPSA) is 51.2 Å². The molecule has 22 heavy (non-hydrogen) atoms. The van der Waals surface area contributed by atoms with E-state index >= 15 is 0 Å². The summed E-state index contributed by atoms with van der Waals surface area (Å²) in [5, 5.41) is 2.93. The lowest BCUT2D eigenvalue weighted by Crippen LogP contribution is -2.34. The van der Waals surface area contributed by atoms with Gasteiger partial charge >= 0.3 is 0 Å². The van der Waals surface area contributed by atoms with Gasteiger partial charge in [-0.05, 0) is 23.8 Å². The number of nitrogens with one attached hydrogen (secondary N) is 1. The van der Waals surface area contributed by atoms with Gasteiger partial charge in [-0.25, -0.2) is 0 Å². The average molecular weight is 298 g/mol. The van der Waals surface area contributed by atoms with Gasteiger partial charge in [0.15, 0.2) is 0 Å². The van der Waals surface area contributed by atoms with Gasteiger partial charge in [-0.15, -0.1) is 0 Å². The Bertz CT molecular complexity index is 601. The number of aromatic nitrogens is 1. The Kier molecular flexibility index (Phi) is 5.15. The van der Waals surface area contributed by atoms with Gasteiger partial charge in [0.2, 0.25) is 5.91 Å². The molecule has 0 saturated carbocycles. The van der Waals surface area contributed by atoms with E-state index < -0.39 is 0 Å². The van der Waals surface area contributed by atoms with Crippen molar-refractivity contribution in [1.29, 1.82) is 0 Å². The number of hydrogen-bond acceptors (Lipinski definition) is 3. The van der Waals surface area contributed by atoms with Crippen molar-refractivity contribution in [1.82, 2.24) is 10.3 Å². The van der Waals surface area contributed by atoms with Crippen LogP contribution in [0.4, 0.5) is 0 Å². The first-order valence-corrected chi connectivity index (χ1v) is 7.34. The third-order valence-corrected chi connectivity index (χ3v) is 3.19. The maximum Gasteiger partial charge on any atom is 0.225 e. The number of pyridine rings is 1. The molecule has 0 bridgehead atoms. The molecule has 1 heterocycles. The molecule has 0 spiro atoms. The molecule has 4 heteroatoms. The third kappa shape index (κ3) is 4.88. The first-order valence-electron chi connectivity index (χ1n) is 7.34. The van der Waals surface area contributed by atoms with E-state index in [9.17, 15) is 4.79 Å². The van der Waals surface area contributed by atoms with Crippen LogP contribution >= 0.6 is 0 Å². The molecule has 0 radical (unpaired) electrons. The van der Waals surface area contributed by atoms with Gasteiger partial charge in [-0.1, -0.05) is 39.0 Å². The van der Waals surface area contributed by atoms with E-state index in [0.717, 1.165) is 16.9 Å². The van der Waals surface area contributed by atoms with E-state index in [1.165, 1.54) is 0 Å². The van der Waals surface area contributed by atoms with E-state index in [2.05, 4.69) is 10.3 Å². The minimum Gasteiger partial charge on any atom is -0.489 e. The second-order valence-electron chi connectivity index (χ2n) is 6.23. The van der Waals surface area contributed by atoms with Crippen LogP contribution in [0.15, 0.2) is 48.8 Å². The molecule has 0 atom stereocenters. The minimum absolute atomic E-state index is 0.0457. The molecular weight excluding hydrogens is 276 g/mol. The van der Waals surface area contributed by atoms with Gasteiger partial charge in [-0.3, -0.25) is 9.78 Å². The number of amides is 1. The van der Waals surface area contributed by atoms with Gasteiger partial charge in [0.05, 0.1) is 0 Å². The first kappa shape index (κ1) is 16.0. The fourth-order valence-electron chi connectivity index (χ4n) is 1.80. The largest absolute Gasteiger partial charge is 0.489 e. The Morgan fingerprint density at radius 1 is 1.14 bits per heavy atom. The maximum absolute atomic E-state index is 11.8. The summed E-state index contributed by atoms with van der Waals surface area (Å²) < 4.78 is 5.70. The Morgan fingerprint density at radius 2 is 1.86 bits per heavy atom. The van der Waals surface area contributed by atoms with Crippen molar-refractivity contribution in [2.75, 3.05) is 0 Å². The molecule has 116 valence electrons. The van der Waals surface area contributed by atoms with Crippen molar-refractivity contribution in [3.8, 4) is 5.75 Å². The second-order valence-corrected chi connectivity index (χ2v) is 6.23. The summed E-state index contributed by atoms with van der Waals surface area (Å²) in [6.45, 7) is 6.72. The molecule has 1 amide bonds. The predicted octanol–water partition coefficient (Wildman–Crippen LogP) is 3.32. The van der Waals surface area contributed by atoms with Crippen LogP contribution in [-0.2, 0) is 17.9 Å². The monoisotopic (exact) mass is 298 g/mol. The van der Waals surface area contributed by atoms with Crippen LogP contribution in [0.5, 0.6) is 5.75 Å². The zero-order chi connectivity index (χ0) is 16.0. The van der Waals surface area contributed by atoms with Crippen LogP contribution < -0.4 is 10.1 Å². The highest BCUT2D eigenvalue weighted by Gasteiger charge is 2.20. The number of carbonyl (C=O) groups excluding carboxylic acids is 1. The Hall–Kier alpha value is -2.36. The molecule has 0 aliphatic carbocycles. The van der Waals surface area contributed by atoms with E-state index in [4.69, 9.17) is 4.74 Å². The van der Waals surface area contributed by atoms with Crippen LogP contribution in [0.3, 0.4) is 0 Å². The Balaban J connectivity index is 1.84. The number of rotatable bonds is 5. The minimum atomic E-state index is -0.368. The van der Waals surface area contributed by atoms with Crippen LogP contribution in [0, 0.1) is 5.41 Å². The normalized spacial score (nSPS) is 11.0. The molecule has 0 fully saturated rings. The summed E-state index contributed by atoms with van der Waals surface area (Å²) in [7, 11) is 0. The SMILES string of the molecule is CC(C)(C)C(=O)NCc1ccc(OCc2cccnc2)cc1. The van der Waals surface area contributed by atoms with E-state index in [-0.39, 0.29) is 11.3 Å². The number of hydrogen-bond donors (Lipinski definition) is 1. The summed E-state index contributed by atoms with van der Waals surface area (Å²) in [5.74, 6) is 0.846. The molecule has 4 nitrogen and oxygen atoms in total. The number of carbonyl (C=O) groups is 1. The lowest BCUT2D eigenvalue weighted by molar-refractivity contribution is -0.128. The van der Waals surface area contributed by atoms with Crippen LogP contribution in [-0.4, -0.2) is 10.9 Å². The zero-order valence-corrected chi connectivity index (χ0v) is 13.3. The lowest BCUT2D eigenvalue weighted by atomic mass is 9.95. The summed E-state index contributed by atoms with van der Waals surface area (Å²) in [6, 6.07) is 11.6. The van der Waals surface area contributed by atoms with Gasteiger partial charge < -0.3 is 10.1 Å². The number of benzene rings is 1. The highest BCUT2D eigenvalue weighted by atomic mass is 16.5. The summed E-state index contributed by atoms with van der Waals surface area (Å²) in [4.78, 5) is 15.9. The molecule has 0 aliphatic heterocycles. The zero-order valence-electron chi connectivity index (χ0n) is 13.3. The predicted molar refractivity (Wildman–Crippen MR) is 86.3 cm³/mol. The van der Waals surface area contributed by atoms with E-state index in [1.807, 2.05) is 57.2 Å². The quantitative estimate of drug-likeness (QED) is 0.921. The molecular formula is C18H22N2O2. The molecule has 1 aromatic heterocycles. The Morgan fingerprint density at radius 3 is 2.45 bits per heavy atom. The number of nitrogens with zero attached hydrogens (tertiary/aromatic N) is 1. The molecule has 2 rings (SSSR count). The average Bonchev–Trinajstić information content (AvgIpc) is 2.51. The standard InChI is InChI=1S/C18H22N2O2/c1-18(2,3)17(21)20-12-14-6-8-16(9-7-14)22-13-15-5-4-10-19-11-15/h4-11H,12-13H2,1-3H3,(H,20,21). The molecule has 0 unspecified atom stereocenters. The summed E-state index contributed by atoms with van der Waals surface area (Å²) in [5.41, 5.74) is 1.71. The van der Waals surface area contributed by atoms with Crippen LogP contribution in [0.25, 0.3) is 0 Å². The van der Waals surface area contributed by atoms with Gasteiger partial charge in [-0.2, -0.15) is 0 Å². The molecule has 1 N–H and O–H groups in total. The number of ether oxygens (including phenoxy) is 1. The lowest BCUT2D eigenvalue weighted by Gasteiger charge is -2.17. The molecule has 0 aliphatic rings. The van der Waals surface area contributed by atoms with Crippen molar-refractivity contribution < 1.29 is 9.53 Å². The first-order chi connectivity index (χ1) is 10.4. The van der Waals surface area contributed by atoms with Crippen molar-refractivity contribution in [2.24, 2.45) is 5.41 Å². The fraction of sp³-hybridized carbons (Fsp3) is 0.333. The highest BCUT2D eigenvalue weighted by molar-refractivity contribution is 5.81. The fourth-order valence-corrected chi connectivity index (χ4v) is 1.80. The van der Waals surface area contributed by atoms with Gasteiger partial charge in [0.25, 0.3) is 0 Å². The second kappa shape index (κ2) is 7.07. The van der Waals surface area contributed by atoms with Crippen LogP contribution in [0.2, 0.25) is 0 Å². The summed E-state index contributed by atoms with van der Waals surface area (Å²) in [6.07, 6.45) is 3.53. The van der Waals surface area contributed by atoms with Crippen molar-refractivity contribution >= 4 is 5.91 Å². The molecule has 0 saturated heterocycles. The van der Waals surface area contributed by atoms with Crippen molar-refractivity contribution in [3.05, 3.63) is 59.9 Å². The van der Waals surface area contributed by atoms with E-state index in [1.54, 1.807) is 12.4 Å². The highest BCUT2D eigenvalue weighted by Crippen LogP contribution is 2.15. The van der Waals surface area contributed by atoms with Crippen LogP contribution in [0.1, 0.15) is 31.9 Å². The molecule has 2 aromatic rings. The third-order valence-electron chi connectivity index (χ3n) is 3.19. The maximum atomic E-state index is 11.8. The molecule has 1 aromatic carbocycles. The summed E-state index contributed by atoms with van der Waals surface area (Å²) >= 11 is 0. The van der Waals surface area contributed by atoms with Gasteiger partial charge in [0.1, 0.15) is 12.4 Å². The smallest absolute Gasteiger partial charge is 0.225 e. The Labute approximate surface area is 131 Å². The van der Waals surface area contributed by atoms with E-state index in [0.29, 0.717) is 13.2 Å². The van der Waals surface area contributed by atoms with Crippen molar-refractivity contribution in [3.63, 3.8) is 0 Å². The van der Waals surface area contributed by atoms with Crippen molar-refractivity contribution in [2.45, 2.75) is 33.9 Å². The van der Waals surface area contributed by atoms with Gasteiger partial charge in [0, 0.05) is 29.9 Å².